The molecule has 1 atom stereocenters. The van der Waals surface area contributed by atoms with Crippen LogP contribution in [0.4, 0.5) is 4.79 Å². The zero-order valence-electron chi connectivity index (χ0n) is 10.2. The van der Waals surface area contributed by atoms with Crippen LogP contribution in [0.25, 0.3) is 0 Å². The highest BCUT2D eigenvalue weighted by Crippen LogP contribution is 2.01. The average Bonchev–Trinajstić information content (AvgIpc) is 2.70. The minimum absolute atomic E-state index is 0.303. The van der Waals surface area contributed by atoms with Crippen LogP contribution in [0.15, 0.2) is 12.4 Å². The predicted molar refractivity (Wildman–Crippen MR) is 61.7 cm³/mol. The average molecular weight is 256 g/mol. The monoisotopic (exact) mass is 256 g/mol. The number of carbonyl (C=O) groups is 2. The lowest BCUT2D eigenvalue weighted by Gasteiger charge is -2.19. The molecule has 1 aromatic heterocycles. The normalized spacial score (nSPS) is 11.9. The molecule has 0 aliphatic rings. The molecule has 0 unspecified atom stereocenters. The van der Waals surface area contributed by atoms with Crippen molar-refractivity contribution in [3.05, 3.63) is 18.0 Å². The standard InChI is InChI=1S/C10H16N4O4/c1-13(4-7-3-11-14(2)5-7)10(18)12-8(6-15)9(16)17/h3,5,8,15H,4,6H2,1-2H3,(H,12,18)(H,16,17)/t8-/m0/s1. The van der Waals surface area contributed by atoms with Gasteiger partial charge in [-0.3, -0.25) is 4.68 Å². The van der Waals surface area contributed by atoms with Crippen molar-refractivity contribution < 1.29 is 19.8 Å². The zero-order valence-corrected chi connectivity index (χ0v) is 10.2. The van der Waals surface area contributed by atoms with Gasteiger partial charge in [0.2, 0.25) is 0 Å². The lowest BCUT2D eigenvalue weighted by atomic mass is 10.3. The summed E-state index contributed by atoms with van der Waals surface area (Å²) < 4.78 is 1.61. The quantitative estimate of drug-likeness (QED) is 0.626. The number of carbonyl (C=O) groups excluding carboxylic acids is 1. The Balaban J connectivity index is 2.53. The zero-order chi connectivity index (χ0) is 13.7. The molecule has 18 heavy (non-hydrogen) atoms. The Labute approximate surface area is 104 Å². The molecule has 8 nitrogen and oxygen atoms in total. The highest BCUT2D eigenvalue weighted by Gasteiger charge is 2.20. The van der Waals surface area contributed by atoms with Crippen LogP contribution in [0, 0.1) is 0 Å². The second kappa shape index (κ2) is 6.01. The Morgan fingerprint density at radius 1 is 1.61 bits per heavy atom. The lowest BCUT2D eigenvalue weighted by Crippen LogP contribution is -2.48. The van der Waals surface area contributed by atoms with Crippen LogP contribution in [0.5, 0.6) is 0 Å². The maximum atomic E-state index is 11.6. The Kier molecular flexibility index (Phi) is 4.67. The Bertz CT molecular complexity index is 431. The predicted octanol–water partition coefficient (Wildman–Crippen LogP) is -0.993. The van der Waals surface area contributed by atoms with Gasteiger partial charge in [0.1, 0.15) is 0 Å². The van der Waals surface area contributed by atoms with E-state index in [0.29, 0.717) is 6.54 Å². The summed E-state index contributed by atoms with van der Waals surface area (Å²) in [4.78, 5) is 23.6. The molecular weight excluding hydrogens is 240 g/mol. The van der Waals surface area contributed by atoms with Gasteiger partial charge in [0.05, 0.1) is 19.3 Å². The Hall–Kier alpha value is -2.09. The maximum Gasteiger partial charge on any atom is 0.328 e. The summed E-state index contributed by atoms with van der Waals surface area (Å²) in [6.07, 6.45) is 3.37. The fourth-order valence-corrected chi connectivity index (χ4v) is 1.34. The first-order valence-corrected chi connectivity index (χ1v) is 5.27. The van der Waals surface area contributed by atoms with Crippen molar-refractivity contribution in [2.75, 3.05) is 13.7 Å². The molecule has 0 bridgehead atoms. The number of nitrogens with zero attached hydrogens (tertiary/aromatic N) is 3. The van der Waals surface area contributed by atoms with E-state index >= 15 is 0 Å². The lowest BCUT2D eigenvalue weighted by molar-refractivity contribution is -0.140. The van der Waals surface area contributed by atoms with Crippen LogP contribution in [0.3, 0.4) is 0 Å². The van der Waals surface area contributed by atoms with Crippen molar-refractivity contribution in [1.29, 1.82) is 0 Å². The van der Waals surface area contributed by atoms with E-state index in [0.717, 1.165) is 5.56 Å². The molecule has 0 aliphatic heterocycles. The molecule has 1 heterocycles. The van der Waals surface area contributed by atoms with Crippen molar-refractivity contribution in [2.45, 2.75) is 12.6 Å². The Morgan fingerprint density at radius 3 is 2.72 bits per heavy atom. The van der Waals surface area contributed by atoms with Gasteiger partial charge in [-0.25, -0.2) is 9.59 Å². The van der Waals surface area contributed by atoms with E-state index in [1.165, 1.54) is 11.9 Å². The first-order valence-electron chi connectivity index (χ1n) is 5.27. The molecule has 0 radical (unpaired) electrons. The number of hydrogen-bond donors (Lipinski definition) is 3. The summed E-state index contributed by atoms with van der Waals surface area (Å²) in [7, 11) is 3.29. The molecular formula is C10H16N4O4. The number of urea groups is 1. The summed E-state index contributed by atoms with van der Waals surface area (Å²) in [5.74, 6) is -1.28. The number of aliphatic hydroxyl groups excluding tert-OH is 1. The van der Waals surface area contributed by atoms with E-state index in [4.69, 9.17) is 10.2 Å². The number of aliphatic hydroxyl groups is 1. The number of hydrogen-bond acceptors (Lipinski definition) is 4. The number of carboxylic acid groups (broad SMARTS) is 1. The van der Waals surface area contributed by atoms with E-state index in [1.54, 1.807) is 24.1 Å². The van der Waals surface area contributed by atoms with Gasteiger partial charge in [0.25, 0.3) is 0 Å². The van der Waals surface area contributed by atoms with Crippen molar-refractivity contribution in [3.8, 4) is 0 Å². The molecule has 0 fully saturated rings. The van der Waals surface area contributed by atoms with Gasteiger partial charge in [0, 0.05) is 25.9 Å². The maximum absolute atomic E-state index is 11.6. The second-order valence-corrected chi connectivity index (χ2v) is 3.90. The van der Waals surface area contributed by atoms with Crippen LogP contribution in [0.2, 0.25) is 0 Å². The summed E-state index contributed by atoms with van der Waals surface area (Å²) >= 11 is 0. The number of rotatable bonds is 5. The first kappa shape index (κ1) is 14.0. The Morgan fingerprint density at radius 2 is 2.28 bits per heavy atom. The summed E-state index contributed by atoms with van der Waals surface area (Å²) in [5, 5.41) is 23.6. The molecule has 1 rings (SSSR count). The molecule has 0 aliphatic carbocycles. The minimum Gasteiger partial charge on any atom is -0.480 e. The van der Waals surface area contributed by atoms with Crippen molar-refractivity contribution >= 4 is 12.0 Å². The highest BCUT2D eigenvalue weighted by molar-refractivity contribution is 5.82. The number of aromatic nitrogens is 2. The minimum atomic E-state index is -1.30. The van der Waals surface area contributed by atoms with Crippen LogP contribution in [0.1, 0.15) is 5.56 Å². The van der Waals surface area contributed by atoms with Gasteiger partial charge in [-0.2, -0.15) is 5.10 Å². The number of aliphatic carboxylic acids is 1. The molecule has 2 amide bonds. The molecule has 0 spiro atoms. The molecule has 3 N–H and O–H groups in total. The fraction of sp³-hybridized carbons (Fsp3) is 0.500. The van der Waals surface area contributed by atoms with Gasteiger partial charge in [-0.15, -0.1) is 0 Å². The van der Waals surface area contributed by atoms with Gasteiger partial charge in [-0.1, -0.05) is 0 Å². The van der Waals surface area contributed by atoms with E-state index in [9.17, 15) is 9.59 Å². The van der Waals surface area contributed by atoms with Gasteiger partial charge >= 0.3 is 12.0 Å². The molecule has 100 valence electrons. The third-order valence-corrected chi connectivity index (χ3v) is 2.30. The topological polar surface area (TPSA) is 108 Å². The van der Waals surface area contributed by atoms with Crippen LogP contribution in [-0.4, -0.2) is 56.6 Å². The molecule has 0 saturated heterocycles. The van der Waals surface area contributed by atoms with E-state index in [-0.39, 0.29) is 0 Å². The van der Waals surface area contributed by atoms with Gasteiger partial charge in [0.15, 0.2) is 6.04 Å². The summed E-state index contributed by atoms with van der Waals surface area (Å²) in [6, 6.07) is -1.87. The SMILES string of the molecule is CN(Cc1cnn(C)c1)C(=O)N[C@@H](CO)C(=O)O. The smallest absolute Gasteiger partial charge is 0.328 e. The van der Waals surface area contributed by atoms with Gasteiger partial charge in [-0.05, 0) is 0 Å². The summed E-state index contributed by atoms with van der Waals surface area (Å²) in [6.45, 7) is -0.348. The van der Waals surface area contributed by atoms with Crippen molar-refractivity contribution in [1.82, 2.24) is 20.0 Å². The van der Waals surface area contributed by atoms with Crippen molar-refractivity contribution in [2.24, 2.45) is 7.05 Å². The van der Waals surface area contributed by atoms with Crippen LogP contribution >= 0.6 is 0 Å². The largest absolute Gasteiger partial charge is 0.480 e. The first-order chi connectivity index (χ1) is 8.43. The van der Waals surface area contributed by atoms with E-state index < -0.39 is 24.6 Å². The molecule has 1 aromatic rings. The second-order valence-electron chi connectivity index (χ2n) is 3.90. The molecule has 0 aromatic carbocycles. The number of aryl methyl sites for hydroxylation is 1. The molecule has 0 saturated carbocycles. The third-order valence-electron chi connectivity index (χ3n) is 2.30. The number of carboxylic acids is 1. The van der Waals surface area contributed by atoms with E-state index in [2.05, 4.69) is 10.4 Å². The van der Waals surface area contributed by atoms with E-state index in [1.807, 2.05) is 0 Å². The molecule has 8 heteroatoms. The third kappa shape index (κ3) is 3.74. The van der Waals surface area contributed by atoms with Crippen molar-refractivity contribution in [3.63, 3.8) is 0 Å². The van der Waals surface area contributed by atoms with Crippen LogP contribution in [-0.2, 0) is 18.4 Å². The van der Waals surface area contributed by atoms with Gasteiger partial charge < -0.3 is 20.4 Å². The van der Waals surface area contributed by atoms with Crippen LogP contribution < -0.4 is 5.32 Å². The number of amides is 2. The number of nitrogens with one attached hydrogen (secondary N) is 1. The summed E-state index contributed by atoms with van der Waals surface area (Å²) in [5.41, 5.74) is 0.825. The highest BCUT2D eigenvalue weighted by atomic mass is 16.4. The fourth-order valence-electron chi connectivity index (χ4n) is 1.34.